The number of aliphatic hydroxyl groups excluding tert-OH is 1. The van der Waals surface area contributed by atoms with Crippen molar-refractivity contribution in [2.75, 3.05) is 31.6 Å². The molecule has 4 heteroatoms. The summed E-state index contributed by atoms with van der Waals surface area (Å²) in [6.45, 7) is 3.05. The molecule has 0 aliphatic carbocycles. The zero-order valence-corrected chi connectivity index (χ0v) is 11.7. The Hall–Kier alpha value is -1.39. The summed E-state index contributed by atoms with van der Waals surface area (Å²) in [5.41, 5.74) is 2.29. The van der Waals surface area contributed by atoms with Crippen molar-refractivity contribution in [2.45, 2.75) is 25.8 Å². The molecule has 0 fully saturated rings. The molecule has 1 aromatic carbocycles. The lowest BCUT2D eigenvalue weighted by molar-refractivity contribution is -0.120. The second-order valence-corrected chi connectivity index (χ2v) is 5.24. The summed E-state index contributed by atoms with van der Waals surface area (Å²) in [5.74, 6) is 0.107. The van der Waals surface area contributed by atoms with Crippen molar-refractivity contribution >= 4 is 11.6 Å². The maximum absolute atomic E-state index is 12.5. The fourth-order valence-electron chi connectivity index (χ4n) is 2.63. The van der Waals surface area contributed by atoms with E-state index in [9.17, 15) is 4.79 Å². The number of aryl methyl sites for hydroxylation is 1. The van der Waals surface area contributed by atoms with E-state index in [1.54, 1.807) is 0 Å². The van der Waals surface area contributed by atoms with E-state index in [4.69, 9.17) is 5.11 Å². The van der Waals surface area contributed by atoms with Crippen LogP contribution in [0, 0.1) is 0 Å². The van der Waals surface area contributed by atoms with Gasteiger partial charge in [-0.1, -0.05) is 18.2 Å². The quantitative estimate of drug-likeness (QED) is 0.889. The SMILES string of the molecule is C[C@@H]1CCc2ccccc2N1C(=O)CN(C)CCO. The molecule has 0 saturated carbocycles. The van der Waals surface area contributed by atoms with Gasteiger partial charge in [-0.15, -0.1) is 0 Å². The summed E-state index contributed by atoms with van der Waals surface area (Å²) in [7, 11) is 1.86. The highest BCUT2D eigenvalue weighted by Gasteiger charge is 2.28. The van der Waals surface area contributed by atoms with E-state index in [1.165, 1.54) is 5.56 Å². The van der Waals surface area contributed by atoms with Crippen LogP contribution in [0.4, 0.5) is 5.69 Å². The van der Waals surface area contributed by atoms with E-state index in [-0.39, 0.29) is 18.6 Å². The molecule has 1 atom stereocenters. The van der Waals surface area contributed by atoms with Gasteiger partial charge < -0.3 is 10.0 Å². The van der Waals surface area contributed by atoms with Crippen LogP contribution in [0.2, 0.25) is 0 Å². The van der Waals surface area contributed by atoms with Gasteiger partial charge in [0.15, 0.2) is 0 Å². The number of carbonyl (C=O) groups excluding carboxylic acids is 1. The lowest BCUT2D eigenvalue weighted by Crippen LogP contribution is -2.46. The normalized spacial score (nSPS) is 18.5. The predicted octanol–water partition coefficient (Wildman–Crippen LogP) is 1.28. The van der Waals surface area contributed by atoms with Crippen molar-refractivity contribution in [3.05, 3.63) is 29.8 Å². The molecular weight excluding hydrogens is 240 g/mol. The fourth-order valence-corrected chi connectivity index (χ4v) is 2.63. The number of anilines is 1. The Balaban J connectivity index is 2.16. The first-order chi connectivity index (χ1) is 9.13. The summed E-state index contributed by atoms with van der Waals surface area (Å²) < 4.78 is 0. The maximum Gasteiger partial charge on any atom is 0.241 e. The van der Waals surface area contributed by atoms with Crippen LogP contribution in [-0.4, -0.2) is 48.7 Å². The lowest BCUT2D eigenvalue weighted by Gasteiger charge is -2.36. The van der Waals surface area contributed by atoms with Crippen LogP contribution in [-0.2, 0) is 11.2 Å². The Morgan fingerprint density at radius 1 is 1.47 bits per heavy atom. The Morgan fingerprint density at radius 2 is 2.21 bits per heavy atom. The zero-order valence-electron chi connectivity index (χ0n) is 11.7. The van der Waals surface area contributed by atoms with Crippen LogP contribution < -0.4 is 4.90 Å². The first-order valence-corrected chi connectivity index (χ1v) is 6.83. The predicted molar refractivity (Wildman–Crippen MR) is 76.3 cm³/mol. The van der Waals surface area contributed by atoms with Gasteiger partial charge in [0.2, 0.25) is 5.91 Å². The average Bonchev–Trinajstić information content (AvgIpc) is 2.38. The number of rotatable bonds is 4. The molecule has 19 heavy (non-hydrogen) atoms. The summed E-state index contributed by atoms with van der Waals surface area (Å²) in [6, 6.07) is 8.36. The van der Waals surface area contributed by atoms with Crippen LogP contribution in [0.15, 0.2) is 24.3 Å². The monoisotopic (exact) mass is 262 g/mol. The Morgan fingerprint density at radius 3 is 2.95 bits per heavy atom. The molecule has 0 spiro atoms. The van der Waals surface area contributed by atoms with Gasteiger partial charge in [-0.05, 0) is 38.4 Å². The second-order valence-electron chi connectivity index (χ2n) is 5.24. The van der Waals surface area contributed by atoms with Gasteiger partial charge in [0.1, 0.15) is 0 Å². The molecule has 0 bridgehead atoms. The van der Waals surface area contributed by atoms with E-state index in [0.29, 0.717) is 13.1 Å². The Labute approximate surface area is 114 Å². The molecule has 1 N–H and O–H groups in total. The van der Waals surface area contributed by atoms with Crippen LogP contribution in [0.5, 0.6) is 0 Å². The zero-order chi connectivity index (χ0) is 13.8. The number of amides is 1. The molecule has 2 rings (SSSR count). The van der Waals surface area contributed by atoms with Crippen LogP contribution in [0.25, 0.3) is 0 Å². The third-order valence-electron chi connectivity index (χ3n) is 3.68. The number of carbonyl (C=O) groups is 1. The largest absolute Gasteiger partial charge is 0.395 e. The molecule has 0 unspecified atom stereocenters. The minimum Gasteiger partial charge on any atom is -0.395 e. The van der Waals surface area contributed by atoms with Crippen LogP contribution in [0.3, 0.4) is 0 Å². The molecule has 1 heterocycles. The van der Waals surface area contributed by atoms with E-state index in [1.807, 2.05) is 35.0 Å². The number of fused-ring (bicyclic) bond motifs is 1. The van der Waals surface area contributed by atoms with E-state index >= 15 is 0 Å². The molecular formula is C15H22N2O2. The van der Waals surface area contributed by atoms with Crippen molar-refractivity contribution in [1.29, 1.82) is 0 Å². The average molecular weight is 262 g/mol. The number of hydrogen-bond donors (Lipinski definition) is 1. The number of benzene rings is 1. The van der Waals surface area contributed by atoms with Gasteiger partial charge >= 0.3 is 0 Å². The molecule has 1 amide bonds. The van der Waals surface area contributed by atoms with Crippen molar-refractivity contribution in [2.24, 2.45) is 0 Å². The molecule has 0 radical (unpaired) electrons. The first-order valence-electron chi connectivity index (χ1n) is 6.83. The van der Waals surface area contributed by atoms with Gasteiger partial charge in [0.25, 0.3) is 0 Å². The summed E-state index contributed by atoms with van der Waals surface area (Å²) in [6.07, 6.45) is 2.04. The molecule has 104 valence electrons. The first kappa shape index (κ1) is 14.0. The highest BCUT2D eigenvalue weighted by Crippen LogP contribution is 2.30. The van der Waals surface area contributed by atoms with Crippen LogP contribution in [0.1, 0.15) is 18.9 Å². The number of aliphatic hydroxyl groups is 1. The van der Waals surface area contributed by atoms with Crippen molar-refractivity contribution in [1.82, 2.24) is 4.90 Å². The molecule has 1 aromatic rings. The van der Waals surface area contributed by atoms with Gasteiger partial charge in [-0.25, -0.2) is 0 Å². The number of para-hydroxylation sites is 1. The van der Waals surface area contributed by atoms with E-state index < -0.39 is 0 Å². The summed E-state index contributed by atoms with van der Waals surface area (Å²) in [5, 5.41) is 8.90. The van der Waals surface area contributed by atoms with Gasteiger partial charge in [0, 0.05) is 18.3 Å². The lowest BCUT2D eigenvalue weighted by atomic mass is 9.96. The fraction of sp³-hybridized carbons (Fsp3) is 0.533. The van der Waals surface area contributed by atoms with E-state index in [2.05, 4.69) is 13.0 Å². The van der Waals surface area contributed by atoms with Crippen molar-refractivity contribution < 1.29 is 9.90 Å². The summed E-state index contributed by atoms with van der Waals surface area (Å²) in [4.78, 5) is 16.2. The maximum atomic E-state index is 12.5. The smallest absolute Gasteiger partial charge is 0.241 e. The van der Waals surface area contributed by atoms with Gasteiger partial charge in [-0.3, -0.25) is 9.69 Å². The number of likely N-dealkylation sites (N-methyl/N-ethyl adjacent to an activating group) is 1. The van der Waals surface area contributed by atoms with Crippen LogP contribution >= 0.6 is 0 Å². The minimum atomic E-state index is 0.0793. The van der Waals surface area contributed by atoms with Gasteiger partial charge in [-0.2, -0.15) is 0 Å². The Bertz CT molecular complexity index is 448. The van der Waals surface area contributed by atoms with Crippen molar-refractivity contribution in [3.8, 4) is 0 Å². The third kappa shape index (κ3) is 3.14. The van der Waals surface area contributed by atoms with E-state index in [0.717, 1.165) is 18.5 Å². The molecule has 0 saturated heterocycles. The van der Waals surface area contributed by atoms with Crippen molar-refractivity contribution in [3.63, 3.8) is 0 Å². The molecule has 0 aromatic heterocycles. The molecule has 1 aliphatic heterocycles. The minimum absolute atomic E-state index is 0.0793. The highest BCUT2D eigenvalue weighted by atomic mass is 16.3. The molecule has 4 nitrogen and oxygen atoms in total. The number of hydrogen-bond acceptors (Lipinski definition) is 3. The number of nitrogens with zero attached hydrogens (tertiary/aromatic N) is 2. The second kappa shape index (κ2) is 6.17. The Kier molecular flexibility index (Phi) is 4.56. The third-order valence-corrected chi connectivity index (χ3v) is 3.68. The highest BCUT2D eigenvalue weighted by molar-refractivity contribution is 5.96. The summed E-state index contributed by atoms with van der Waals surface area (Å²) >= 11 is 0. The molecule has 1 aliphatic rings. The standard InChI is InChI=1S/C15H22N2O2/c1-12-7-8-13-5-3-4-6-14(13)17(12)15(19)11-16(2)9-10-18/h3-6,12,18H,7-11H2,1-2H3/t12-/m1/s1. The van der Waals surface area contributed by atoms with Gasteiger partial charge in [0.05, 0.1) is 13.2 Å². The topological polar surface area (TPSA) is 43.8 Å².